The zero-order valence-electron chi connectivity index (χ0n) is 10.5. The van der Waals surface area contributed by atoms with Gasteiger partial charge >= 0.3 is 5.69 Å². The first-order chi connectivity index (χ1) is 9.56. The Morgan fingerprint density at radius 1 is 1.30 bits per heavy atom. The van der Waals surface area contributed by atoms with E-state index in [-0.39, 0.29) is 10.9 Å². The van der Waals surface area contributed by atoms with E-state index in [1.807, 2.05) is 24.3 Å². The van der Waals surface area contributed by atoms with Gasteiger partial charge in [-0.3, -0.25) is 14.3 Å². The van der Waals surface area contributed by atoms with Gasteiger partial charge in [-0.2, -0.15) is 0 Å². The van der Waals surface area contributed by atoms with Gasteiger partial charge in [-0.25, -0.2) is 4.79 Å². The molecule has 1 aromatic carbocycles. The van der Waals surface area contributed by atoms with Crippen molar-refractivity contribution in [3.8, 4) is 0 Å². The van der Waals surface area contributed by atoms with Crippen LogP contribution in [0.25, 0.3) is 0 Å². The summed E-state index contributed by atoms with van der Waals surface area (Å²) in [7, 11) is 0. The molecule has 3 rings (SSSR count). The van der Waals surface area contributed by atoms with E-state index in [4.69, 9.17) is 11.6 Å². The van der Waals surface area contributed by atoms with Crippen molar-refractivity contribution < 1.29 is 5.11 Å². The van der Waals surface area contributed by atoms with Gasteiger partial charge in [0, 0.05) is 18.7 Å². The fraction of sp³-hybridized carbons (Fsp3) is 0.286. The maximum atomic E-state index is 11.8. The molecule has 1 aromatic heterocycles. The van der Waals surface area contributed by atoms with Crippen LogP contribution in [0.3, 0.4) is 0 Å². The van der Waals surface area contributed by atoms with Crippen molar-refractivity contribution in [3.05, 3.63) is 67.4 Å². The Kier molecular flexibility index (Phi) is 3.23. The van der Waals surface area contributed by atoms with Gasteiger partial charge in [-0.05, 0) is 17.5 Å². The van der Waals surface area contributed by atoms with Crippen molar-refractivity contribution >= 4 is 11.6 Å². The average molecular weight is 293 g/mol. The maximum Gasteiger partial charge on any atom is 0.328 e. The van der Waals surface area contributed by atoms with E-state index < -0.39 is 17.4 Å². The van der Waals surface area contributed by atoms with Crippen LogP contribution in [-0.4, -0.2) is 14.7 Å². The summed E-state index contributed by atoms with van der Waals surface area (Å²) in [6.07, 6.45) is 1.39. The molecule has 0 spiro atoms. The SMILES string of the molecule is O=c1[nH]c(=O)n(C[C@@H]2C[C@H](O)c3ccccc32)cc1Cl. The third kappa shape index (κ3) is 2.19. The van der Waals surface area contributed by atoms with Crippen LogP contribution < -0.4 is 11.2 Å². The molecule has 0 aliphatic heterocycles. The molecular weight excluding hydrogens is 280 g/mol. The molecule has 20 heavy (non-hydrogen) atoms. The van der Waals surface area contributed by atoms with Crippen LogP contribution in [0.15, 0.2) is 40.1 Å². The predicted molar refractivity (Wildman–Crippen MR) is 75.1 cm³/mol. The Bertz CT molecular complexity index is 765. The first-order valence-corrected chi connectivity index (χ1v) is 6.70. The van der Waals surface area contributed by atoms with Gasteiger partial charge in [0.1, 0.15) is 5.02 Å². The number of aromatic amines is 1. The minimum absolute atomic E-state index is 0.0172. The second kappa shape index (κ2) is 4.92. The Balaban J connectivity index is 1.96. The molecule has 1 heterocycles. The number of halogens is 1. The number of H-pyrrole nitrogens is 1. The van der Waals surface area contributed by atoms with Crippen molar-refractivity contribution in [3.63, 3.8) is 0 Å². The lowest BCUT2D eigenvalue weighted by atomic mass is 10.0. The zero-order chi connectivity index (χ0) is 14.3. The first-order valence-electron chi connectivity index (χ1n) is 6.32. The summed E-state index contributed by atoms with van der Waals surface area (Å²) in [6, 6.07) is 7.64. The summed E-state index contributed by atoms with van der Waals surface area (Å²) in [5.74, 6) is 0.0286. The number of benzene rings is 1. The van der Waals surface area contributed by atoms with Crippen molar-refractivity contribution in [1.82, 2.24) is 9.55 Å². The first kappa shape index (κ1) is 13.1. The molecule has 1 aliphatic carbocycles. The van der Waals surface area contributed by atoms with E-state index in [2.05, 4.69) is 4.98 Å². The molecule has 0 saturated carbocycles. The summed E-state index contributed by atoms with van der Waals surface area (Å²) in [5.41, 5.74) is 0.869. The minimum atomic E-state index is -0.584. The van der Waals surface area contributed by atoms with E-state index >= 15 is 0 Å². The Labute approximate surface area is 119 Å². The molecule has 6 heteroatoms. The van der Waals surface area contributed by atoms with Gasteiger partial charge in [0.15, 0.2) is 0 Å². The summed E-state index contributed by atoms with van der Waals surface area (Å²) < 4.78 is 1.38. The highest BCUT2D eigenvalue weighted by Gasteiger charge is 2.29. The number of nitrogens with one attached hydrogen (secondary N) is 1. The molecule has 0 amide bonds. The number of nitrogens with zero attached hydrogens (tertiary/aromatic N) is 1. The van der Waals surface area contributed by atoms with Gasteiger partial charge in [0.25, 0.3) is 5.56 Å². The Hall–Kier alpha value is -1.85. The van der Waals surface area contributed by atoms with E-state index in [1.54, 1.807) is 0 Å². The van der Waals surface area contributed by atoms with Crippen LogP contribution in [0.4, 0.5) is 0 Å². The summed E-state index contributed by atoms with van der Waals surface area (Å²) >= 11 is 5.75. The molecule has 104 valence electrons. The summed E-state index contributed by atoms with van der Waals surface area (Å²) in [6.45, 7) is 0.378. The van der Waals surface area contributed by atoms with Gasteiger partial charge in [0.05, 0.1) is 6.10 Å². The number of fused-ring (bicyclic) bond motifs is 1. The number of hydrogen-bond donors (Lipinski definition) is 2. The van der Waals surface area contributed by atoms with E-state index in [0.717, 1.165) is 11.1 Å². The highest BCUT2D eigenvalue weighted by molar-refractivity contribution is 6.30. The van der Waals surface area contributed by atoms with Crippen molar-refractivity contribution in [1.29, 1.82) is 0 Å². The molecule has 2 aromatic rings. The van der Waals surface area contributed by atoms with Crippen molar-refractivity contribution in [2.45, 2.75) is 25.0 Å². The fourth-order valence-electron chi connectivity index (χ4n) is 2.74. The molecule has 1 aliphatic rings. The van der Waals surface area contributed by atoms with Crippen LogP contribution in [0.1, 0.15) is 29.6 Å². The van der Waals surface area contributed by atoms with Crippen LogP contribution in [-0.2, 0) is 6.54 Å². The normalized spacial score (nSPS) is 20.9. The molecule has 5 nitrogen and oxygen atoms in total. The molecule has 2 atom stereocenters. The van der Waals surface area contributed by atoms with Crippen LogP contribution in [0.5, 0.6) is 0 Å². The molecule has 0 fully saturated rings. The van der Waals surface area contributed by atoms with Gasteiger partial charge < -0.3 is 5.11 Å². The van der Waals surface area contributed by atoms with Gasteiger partial charge in [-0.15, -0.1) is 0 Å². The maximum absolute atomic E-state index is 11.8. The number of aliphatic hydroxyl groups excluding tert-OH is 1. The summed E-state index contributed by atoms with van der Waals surface area (Å²) in [4.78, 5) is 25.2. The highest BCUT2D eigenvalue weighted by Crippen LogP contribution is 2.40. The van der Waals surface area contributed by atoms with Crippen LogP contribution in [0, 0.1) is 0 Å². The van der Waals surface area contributed by atoms with Crippen LogP contribution in [0.2, 0.25) is 5.02 Å². The summed E-state index contributed by atoms with van der Waals surface area (Å²) in [5, 5.41) is 10.0. The second-order valence-corrected chi connectivity index (χ2v) is 5.37. The molecule has 0 saturated heterocycles. The number of rotatable bonds is 2. The third-order valence-electron chi connectivity index (χ3n) is 3.69. The Morgan fingerprint density at radius 2 is 2.00 bits per heavy atom. The molecule has 0 radical (unpaired) electrons. The standard InChI is InChI=1S/C14H13ClN2O3/c15-11-7-17(14(20)16-13(11)19)6-8-5-12(18)10-4-2-1-3-9(8)10/h1-4,7-8,12,18H,5-6H2,(H,16,19,20)/t8-,12-/m0/s1. The molecule has 2 N–H and O–H groups in total. The number of aromatic nitrogens is 2. The van der Waals surface area contributed by atoms with Gasteiger partial charge in [0.2, 0.25) is 0 Å². The third-order valence-corrected chi connectivity index (χ3v) is 3.96. The fourth-order valence-corrected chi connectivity index (χ4v) is 2.90. The van der Waals surface area contributed by atoms with E-state index in [0.29, 0.717) is 13.0 Å². The largest absolute Gasteiger partial charge is 0.388 e. The number of aliphatic hydroxyl groups is 1. The average Bonchev–Trinajstić information content (AvgIpc) is 2.74. The molecule has 0 bridgehead atoms. The Morgan fingerprint density at radius 3 is 2.75 bits per heavy atom. The quantitative estimate of drug-likeness (QED) is 0.879. The highest BCUT2D eigenvalue weighted by atomic mass is 35.5. The predicted octanol–water partition coefficient (Wildman–Crippen LogP) is 1.41. The zero-order valence-corrected chi connectivity index (χ0v) is 11.3. The van der Waals surface area contributed by atoms with Crippen molar-refractivity contribution in [2.24, 2.45) is 0 Å². The van der Waals surface area contributed by atoms with E-state index in [9.17, 15) is 14.7 Å². The lowest BCUT2D eigenvalue weighted by Gasteiger charge is -2.13. The second-order valence-electron chi connectivity index (χ2n) is 4.97. The van der Waals surface area contributed by atoms with E-state index in [1.165, 1.54) is 10.8 Å². The lowest BCUT2D eigenvalue weighted by Crippen LogP contribution is -2.31. The van der Waals surface area contributed by atoms with Crippen LogP contribution >= 0.6 is 11.6 Å². The molecular formula is C14H13ClN2O3. The van der Waals surface area contributed by atoms with Gasteiger partial charge in [-0.1, -0.05) is 35.9 Å². The van der Waals surface area contributed by atoms with Crippen molar-refractivity contribution in [2.75, 3.05) is 0 Å². The smallest absolute Gasteiger partial charge is 0.328 e. The molecule has 0 unspecified atom stereocenters. The number of hydrogen-bond acceptors (Lipinski definition) is 3. The minimum Gasteiger partial charge on any atom is -0.388 e. The topological polar surface area (TPSA) is 75.1 Å². The monoisotopic (exact) mass is 292 g/mol. The lowest BCUT2D eigenvalue weighted by molar-refractivity contribution is 0.170.